The average Bonchev–Trinajstić information content (AvgIpc) is 1.63. The van der Waals surface area contributed by atoms with Gasteiger partial charge in [0.15, 0.2) is 5.58 Å². The third-order valence-corrected chi connectivity index (χ3v) is 23.5. The molecule has 2 aromatic heterocycles. The van der Waals surface area contributed by atoms with Crippen LogP contribution in [0.4, 0.5) is 45.5 Å². The number of rotatable bonds is 6. The standard InChI is InChI=1S/C89H90BN3OS/c1-83(2,3)54-28-35-58(36-29-54)91(59-37-30-55(31-38-59)84(4,5)6)61-41-42-62-65-48-66-67-49-68-63-26-22-23-27-76(63)94-81(68)80-78(67)90(93(60-39-32-56(33-40-60)85(7,8)9)75(66)51-71(65)89(17,18)70(62)47-61)82-79(69-50-72-73(52-77(69)95-82)88(15,16)45-44-87(72,13)14)92(80)74-43-34-57(86(10,11)12)46-64(74)53-24-20-19-21-25-53/h19-43,46-52H,44-45H2,1-18H3. The van der Waals surface area contributed by atoms with Crippen molar-refractivity contribution < 1.29 is 4.42 Å². The summed E-state index contributed by atoms with van der Waals surface area (Å²) in [5, 5.41) is 3.55. The Bertz CT molecular complexity index is 5070. The summed E-state index contributed by atoms with van der Waals surface area (Å²) in [5.41, 5.74) is 30.3. The third kappa shape index (κ3) is 9.56. The first-order valence-corrected chi connectivity index (χ1v) is 35.5. The predicted octanol–water partition coefficient (Wildman–Crippen LogP) is 24.5. The number of para-hydroxylation sites is 1. The SMILES string of the molecule is CC(C)(C)c1ccc(N2B3c4sc5cc6c(cc5c4N(c4ccc(C(C)(C)C)cc4-c4ccccc4)c4c3c(cc3c4oc4ccccc43)-c3cc4c(cc32)C(C)(C)c2cc(N(c3ccc(C(C)(C)C)cc3)c3ccc(C(C)(C)C)cc3)ccc2-4)C(C)(C)CCC6(C)C)cc1. The van der Waals surface area contributed by atoms with E-state index >= 15 is 0 Å². The van der Waals surface area contributed by atoms with Crippen LogP contribution in [-0.4, -0.2) is 6.85 Å². The van der Waals surface area contributed by atoms with Crippen LogP contribution >= 0.6 is 11.3 Å². The molecule has 2 aliphatic heterocycles. The predicted molar refractivity (Wildman–Crippen MR) is 411 cm³/mol. The summed E-state index contributed by atoms with van der Waals surface area (Å²) in [6.07, 6.45) is 2.28. The number of fused-ring (bicyclic) bond motifs is 14. The molecule has 0 amide bonds. The number of anilines is 8. The highest BCUT2D eigenvalue weighted by Gasteiger charge is 2.51. The first-order valence-electron chi connectivity index (χ1n) is 34.7. The molecule has 476 valence electrons. The maximum atomic E-state index is 7.56. The number of nitrogens with zero attached hydrogens (tertiary/aromatic N) is 3. The summed E-state index contributed by atoms with van der Waals surface area (Å²) in [6, 6.07) is 75.7. The van der Waals surface area contributed by atoms with Gasteiger partial charge in [0, 0.05) is 70.6 Å². The van der Waals surface area contributed by atoms with Gasteiger partial charge >= 0.3 is 6.85 Å². The Kier molecular flexibility index (Phi) is 13.4. The lowest BCUT2D eigenvalue weighted by molar-refractivity contribution is 0.332. The number of hydrogen-bond donors (Lipinski definition) is 0. The summed E-state index contributed by atoms with van der Waals surface area (Å²) < 4.78 is 10.2. The van der Waals surface area contributed by atoms with E-state index in [0.29, 0.717) is 0 Å². The Morgan fingerprint density at radius 1 is 0.421 bits per heavy atom. The van der Waals surface area contributed by atoms with Crippen molar-refractivity contribution in [3.63, 3.8) is 0 Å². The molecule has 95 heavy (non-hydrogen) atoms. The zero-order valence-corrected chi connectivity index (χ0v) is 59.9. The number of thiophene rings is 1. The molecule has 10 aromatic carbocycles. The van der Waals surface area contributed by atoms with Gasteiger partial charge in [0.1, 0.15) is 5.58 Å². The van der Waals surface area contributed by atoms with Crippen molar-refractivity contribution in [1.82, 2.24) is 0 Å². The molecule has 0 bridgehead atoms. The quantitative estimate of drug-likeness (QED) is 0.155. The summed E-state index contributed by atoms with van der Waals surface area (Å²) in [7, 11) is 0. The molecule has 0 fully saturated rings. The average molecular weight is 1260 g/mol. The molecule has 0 radical (unpaired) electrons. The molecule has 2 aliphatic carbocycles. The van der Waals surface area contributed by atoms with E-state index in [1.807, 2.05) is 11.3 Å². The van der Waals surface area contributed by atoms with Crippen molar-refractivity contribution in [2.75, 3.05) is 14.6 Å². The first-order chi connectivity index (χ1) is 44.9. The molecule has 0 spiro atoms. The summed E-state index contributed by atoms with van der Waals surface area (Å²) in [5.74, 6) is 0. The lowest BCUT2D eigenvalue weighted by atomic mass is 9.46. The van der Waals surface area contributed by atoms with Crippen LogP contribution in [0.25, 0.3) is 65.4 Å². The Labute approximate surface area is 568 Å². The van der Waals surface area contributed by atoms with E-state index in [0.717, 1.165) is 63.2 Å². The fourth-order valence-electron chi connectivity index (χ4n) is 16.5. The largest absolute Gasteiger partial charge is 0.454 e. The van der Waals surface area contributed by atoms with Crippen molar-refractivity contribution >= 4 is 106 Å². The topological polar surface area (TPSA) is 22.9 Å². The molecular formula is C89H90BN3OS. The van der Waals surface area contributed by atoms with E-state index < -0.39 is 0 Å². The number of furan rings is 1. The van der Waals surface area contributed by atoms with Crippen LogP contribution in [-0.2, 0) is 37.9 Å². The smallest absolute Gasteiger partial charge is 0.343 e. The van der Waals surface area contributed by atoms with Gasteiger partial charge in [0.05, 0.1) is 17.1 Å². The minimum atomic E-state index is -0.372. The first kappa shape index (κ1) is 61.3. The van der Waals surface area contributed by atoms with E-state index in [9.17, 15) is 0 Å². The van der Waals surface area contributed by atoms with Gasteiger partial charge < -0.3 is 19.0 Å². The second-order valence-corrected chi connectivity index (χ2v) is 35.2. The normalized spacial score (nSPS) is 16.0. The Hall–Kier alpha value is -8.58. The van der Waals surface area contributed by atoms with Gasteiger partial charge in [-0.15, -0.1) is 11.3 Å². The molecule has 0 N–H and O–H groups in total. The second-order valence-electron chi connectivity index (χ2n) is 34.1. The van der Waals surface area contributed by atoms with Crippen molar-refractivity contribution in [3.05, 3.63) is 239 Å². The van der Waals surface area contributed by atoms with E-state index in [2.05, 4.69) is 333 Å². The zero-order valence-electron chi connectivity index (χ0n) is 59.1. The third-order valence-electron chi connectivity index (χ3n) is 22.3. The van der Waals surface area contributed by atoms with Crippen LogP contribution in [0.15, 0.2) is 199 Å². The Morgan fingerprint density at radius 3 is 1.58 bits per heavy atom. The fraction of sp³-hybridized carbons (Fsp3) is 0.303. The number of benzene rings is 10. The van der Waals surface area contributed by atoms with Gasteiger partial charge in [-0.3, -0.25) is 0 Å². The fourth-order valence-corrected chi connectivity index (χ4v) is 17.8. The van der Waals surface area contributed by atoms with Gasteiger partial charge in [0.2, 0.25) is 0 Å². The van der Waals surface area contributed by atoms with E-state index in [4.69, 9.17) is 4.42 Å². The Morgan fingerprint density at radius 2 is 0.968 bits per heavy atom. The van der Waals surface area contributed by atoms with Crippen molar-refractivity contribution in [2.45, 2.75) is 175 Å². The van der Waals surface area contributed by atoms with Crippen LogP contribution in [0, 0.1) is 0 Å². The molecular weight excluding hydrogens is 1170 g/mol. The summed E-state index contributed by atoms with van der Waals surface area (Å²) in [6.45, 7) is 42.4. The molecule has 12 aromatic rings. The van der Waals surface area contributed by atoms with Gasteiger partial charge in [-0.05, 0) is 215 Å². The molecule has 4 nitrogen and oxygen atoms in total. The minimum Gasteiger partial charge on any atom is -0.454 e. The zero-order chi connectivity index (χ0) is 66.6. The summed E-state index contributed by atoms with van der Waals surface area (Å²) >= 11 is 2.01. The lowest BCUT2D eigenvalue weighted by Crippen LogP contribution is -2.60. The van der Waals surface area contributed by atoms with Crippen molar-refractivity contribution in [2.24, 2.45) is 0 Å². The van der Waals surface area contributed by atoms with Gasteiger partial charge in [0.25, 0.3) is 0 Å². The maximum absolute atomic E-state index is 7.56. The number of hydrogen-bond acceptors (Lipinski definition) is 5. The molecule has 0 unspecified atom stereocenters. The van der Waals surface area contributed by atoms with Crippen molar-refractivity contribution in [3.8, 4) is 33.4 Å². The van der Waals surface area contributed by atoms with Gasteiger partial charge in [-0.1, -0.05) is 222 Å². The second kappa shape index (κ2) is 20.7. The van der Waals surface area contributed by atoms with Crippen LogP contribution in [0.5, 0.6) is 0 Å². The molecule has 16 rings (SSSR count). The monoisotopic (exact) mass is 1260 g/mol. The highest BCUT2D eigenvalue weighted by Crippen LogP contribution is 2.60. The highest BCUT2D eigenvalue weighted by molar-refractivity contribution is 7.32. The minimum absolute atomic E-state index is 0.0161. The summed E-state index contributed by atoms with van der Waals surface area (Å²) in [4.78, 5) is 7.93. The van der Waals surface area contributed by atoms with Crippen LogP contribution in [0.3, 0.4) is 0 Å². The van der Waals surface area contributed by atoms with Gasteiger partial charge in [-0.25, -0.2) is 0 Å². The van der Waals surface area contributed by atoms with Crippen molar-refractivity contribution in [1.29, 1.82) is 0 Å². The van der Waals surface area contributed by atoms with E-state index in [-0.39, 0.29) is 44.8 Å². The molecule has 0 saturated heterocycles. The lowest BCUT2D eigenvalue weighted by Gasteiger charge is -2.45. The molecule has 4 heterocycles. The highest BCUT2D eigenvalue weighted by atomic mass is 32.1. The molecule has 0 atom stereocenters. The molecule has 4 aliphatic rings. The van der Waals surface area contributed by atoms with E-state index in [1.54, 1.807) is 0 Å². The van der Waals surface area contributed by atoms with Crippen LogP contribution in [0.2, 0.25) is 0 Å². The molecule has 6 heteroatoms. The Balaban J connectivity index is 1.01. The van der Waals surface area contributed by atoms with Crippen LogP contribution < -0.4 is 24.9 Å². The van der Waals surface area contributed by atoms with Crippen LogP contribution in [0.1, 0.15) is 182 Å². The van der Waals surface area contributed by atoms with E-state index in [1.165, 1.54) is 115 Å². The molecule has 0 saturated carbocycles. The van der Waals surface area contributed by atoms with Gasteiger partial charge in [-0.2, -0.15) is 0 Å². The maximum Gasteiger partial charge on any atom is 0.343 e.